The van der Waals surface area contributed by atoms with E-state index in [1.807, 2.05) is 60.7 Å². The predicted octanol–water partition coefficient (Wildman–Crippen LogP) is 4.51. The molecular weight excluding hydrogens is 326 g/mol. The van der Waals surface area contributed by atoms with E-state index in [1.165, 1.54) is 7.11 Å². The quantitative estimate of drug-likeness (QED) is 0.744. The molecule has 1 saturated heterocycles. The number of methoxy groups -OCH3 is 1. The monoisotopic (exact) mass is 351 g/mol. The highest BCUT2D eigenvalue weighted by molar-refractivity contribution is 5.97. The fourth-order valence-electron chi connectivity index (χ4n) is 4.19. The zero-order valence-corrected chi connectivity index (χ0v) is 15.4. The molecule has 1 amide bonds. The minimum atomic E-state index is -0.741. The van der Waals surface area contributed by atoms with Crippen molar-refractivity contribution in [2.45, 2.75) is 38.6 Å². The lowest BCUT2D eigenvalue weighted by Crippen LogP contribution is -2.53. The molecule has 0 aromatic heterocycles. The van der Waals surface area contributed by atoms with Gasteiger partial charge in [0.2, 0.25) is 5.91 Å². The average Bonchev–Trinajstić information content (AvgIpc) is 2.70. The molecule has 0 saturated carbocycles. The molecule has 4 heteroatoms. The van der Waals surface area contributed by atoms with Gasteiger partial charge < -0.3 is 9.64 Å². The molecule has 1 aliphatic heterocycles. The van der Waals surface area contributed by atoms with Gasteiger partial charge in [-0.2, -0.15) is 0 Å². The van der Waals surface area contributed by atoms with Gasteiger partial charge >= 0.3 is 5.97 Å². The van der Waals surface area contributed by atoms with E-state index < -0.39 is 5.41 Å². The molecule has 1 aliphatic rings. The molecule has 0 N–H and O–H groups in total. The zero-order valence-electron chi connectivity index (χ0n) is 15.4. The number of ether oxygens (including phenoxy) is 1. The van der Waals surface area contributed by atoms with Crippen LogP contribution in [0.1, 0.15) is 44.2 Å². The van der Waals surface area contributed by atoms with Crippen LogP contribution >= 0.6 is 0 Å². The Labute approximate surface area is 154 Å². The van der Waals surface area contributed by atoms with Crippen molar-refractivity contribution in [1.82, 2.24) is 0 Å². The van der Waals surface area contributed by atoms with Crippen LogP contribution in [-0.2, 0) is 14.3 Å². The Balaban J connectivity index is 2.21. The van der Waals surface area contributed by atoms with Crippen LogP contribution in [0, 0.1) is 5.41 Å². The molecule has 2 atom stereocenters. The van der Waals surface area contributed by atoms with Crippen LogP contribution < -0.4 is 4.90 Å². The van der Waals surface area contributed by atoms with E-state index in [1.54, 1.807) is 4.90 Å². The van der Waals surface area contributed by atoms with E-state index in [2.05, 4.69) is 6.92 Å². The molecule has 2 aromatic carbocycles. The number of piperidine rings is 1. The van der Waals surface area contributed by atoms with E-state index in [4.69, 9.17) is 4.74 Å². The van der Waals surface area contributed by atoms with Crippen molar-refractivity contribution in [2.24, 2.45) is 5.41 Å². The molecule has 0 spiro atoms. The number of carbonyl (C=O) groups excluding carboxylic acids is 2. The molecule has 0 radical (unpaired) electrons. The van der Waals surface area contributed by atoms with E-state index in [9.17, 15) is 9.59 Å². The Hall–Kier alpha value is -2.62. The molecule has 3 rings (SSSR count). The molecule has 0 bridgehead atoms. The summed E-state index contributed by atoms with van der Waals surface area (Å²) in [5.41, 5.74) is 1.04. The van der Waals surface area contributed by atoms with Crippen molar-refractivity contribution >= 4 is 17.6 Å². The number of hydrogen-bond acceptors (Lipinski definition) is 3. The van der Waals surface area contributed by atoms with Crippen molar-refractivity contribution in [1.29, 1.82) is 0 Å². The molecule has 1 heterocycles. The second kappa shape index (κ2) is 7.73. The third kappa shape index (κ3) is 3.12. The normalized spacial score (nSPS) is 22.9. The number of hydrogen-bond donors (Lipinski definition) is 0. The van der Waals surface area contributed by atoms with Gasteiger partial charge in [0.25, 0.3) is 0 Å². The number of amides is 1. The van der Waals surface area contributed by atoms with Crippen molar-refractivity contribution in [2.75, 3.05) is 12.0 Å². The second-order valence-electron chi connectivity index (χ2n) is 6.81. The number of para-hydroxylation sites is 1. The highest BCUT2D eigenvalue weighted by atomic mass is 16.5. The van der Waals surface area contributed by atoms with Gasteiger partial charge in [-0.1, -0.05) is 61.9 Å². The fraction of sp³-hybridized carbons (Fsp3) is 0.364. The molecule has 0 unspecified atom stereocenters. The number of benzene rings is 2. The number of esters is 1. The fourth-order valence-corrected chi connectivity index (χ4v) is 4.19. The van der Waals surface area contributed by atoms with Gasteiger partial charge in [0.05, 0.1) is 18.6 Å². The minimum Gasteiger partial charge on any atom is -0.469 e. The van der Waals surface area contributed by atoms with Crippen molar-refractivity contribution in [3.8, 4) is 0 Å². The Morgan fingerprint density at radius 2 is 1.73 bits per heavy atom. The summed E-state index contributed by atoms with van der Waals surface area (Å²) in [5.74, 6) is -0.192. The van der Waals surface area contributed by atoms with Crippen molar-refractivity contribution in [3.05, 3.63) is 66.2 Å². The summed E-state index contributed by atoms with van der Waals surface area (Å²) < 4.78 is 5.24. The smallest absolute Gasteiger partial charge is 0.314 e. The van der Waals surface area contributed by atoms with Gasteiger partial charge in [-0.3, -0.25) is 9.59 Å². The van der Waals surface area contributed by atoms with Crippen LogP contribution in [0.3, 0.4) is 0 Å². The van der Waals surface area contributed by atoms with Crippen molar-refractivity contribution < 1.29 is 14.3 Å². The summed E-state index contributed by atoms with van der Waals surface area (Å²) in [4.78, 5) is 27.7. The van der Waals surface area contributed by atoms with Gasteiger partial charge in [-0.25, -0.2) is 0 Å². The summed E-state index contributed by atoms with van der Waals surface area (Å²) in [6.07, 6.45) is 2.37. The van der Waals surface area contributed by atoms with Gasteiger partial charge in [0.15, 0.2) is 0 Å². The third-order valence-electron chi connectivity index (χ3n) is 5.27. The van der Waals surface area contributed by atoms with Crippen LogP contribution in [0.25, 0.3) is 0 Å². The summed E-state index contributed by atoms with van der Waals surface area (Å²) in [5, 5.41) is 0. The van der Waals surface area contributed by atoms with E-state index in [0.29, 0.717) is 19.3 Å². The van der Waals surface area contributed by atoms with E-state index >= 15 is 0 Å². The number of carbonyl (C=O) groups is 2. The molecule has 26 heavy (non-hydrogen) atoms. The van der Waals surface area contributed by atoms with Crippen LogP contribution in [0.5, 0.6) is 0 Å². The van der Waals surface area contributed by atoms with Gasteiger partial charge in [0.1, 0.15) is 0 Å². The maximum atomic E-state index is 13.0. The average molecular weight is 351 g/mol. The number of anilines is 1. The zero-order chi connectivity index (χ0) is 18.6. The van der Waals surface area contributed by atoms with Gasteiger partial charge in [-0.05, 0) is 30.5 Å². The largest absolute Gasteiger partial charge is 0.469 e. The first-order valence-corrected chi connectivity index (χ1v) is 9.14. The lowest BCUT2D eigenvalue weighted by Gasteiger charge is -2.48. The molecule has 0 aliphatic carbocycles. The topological polar surface area (TPSA) is 46.6 Å². The van der Waals surface area contributed by atoms with Gasteiger partial charge in [0, 0.05) is 12.1 Å². The van der Waals surface area contributed by atoms with Crippen LogP contribution in [-0.4, -0.2) is 19.0 Å². The van der Waals surface area contributed by atoms with Gasteiger partial charge in [-0.15, -0.1) is 0 Å². The second-order valence-corrected chi connectivity index (χ2v) is 6.81. The lowest BCUT2D eigenvalue weighted by atomic mass is 9.67. The lowest BCUT2D eigenvalue weighted by molar-refractivity contribution is -0.157. The summed E-state index contributed by atoms with van der Waals surface area (Å²) in [6.45, 7) is 2.07. The van der Waals surface area contributed by atoms with Crippen molar-refractivity contribution in [3.63, 3.8) is 0 Å². The third-order valence-corrected chi connectivity index (χ3v) is 5.27. The summed E-state index contributed by atoms with van der Waals surface area (Å²) in [7, 11) is 1.44. The molecule has 2 aromatic rings. The number of rotatable bonds is 5. The Kier molecular flexibility index (Phi) is 5.40. The maximum Gasteiger partial charge on any atom is 0.314 e. The maximum absolute atomic E-state index is 13.0. The first kappa shape index (κ1) is 18.2. The molecule has 1 fully saturated rings. The highest BCUT2D eigenvalue weighted by Gasteiger charge is 2.53. The summed E-state index contributed by atoms with van der Waals surface area (Å²) in [6, 6.07) is 19.1. The highest BCUT2D eigenvalue weighted by Crippen LogP contribution is 2.51. The first-order valence-electron chi connectivity index (χ1n) is 9.14. The standard InChI is InChI=1S/C22H25NO3/c1-3-15-22(21(25)26-2)16-14-19(24)23(18-12-8-5-9-13-18)20(22)17-10-6-4-7-11-17/h4-13,20H,3,14-16H2,1-2H3/t20-,22+/m1/s1. The van der Waals surface area contributed by atoms with Crippen LogP contribution in [0.2, 0.25) is 0 Å². The molecule has 136 valence electrons. The molecule has 4 nitrogen and oxygen atoms in total. The van der Waals surface area contributed by atoms with E-state index in [-0.39, 0.29) is 17.9 Å². The molecular formula is C22H25NO3. The van der Waals surface area contributed by atoms with E-state index in [0.717, 1.165) is 17.7 Å². The number of nitrogens with zero attached hydrogens (tertiary/aromatic N) is 1. The minimum absolute atomic E-state index is 0.0423. The van der Waals surface area contributed by atoms with Crippen LogP contribution in [0.15, 0.2) is 60.7 Å². The summed E-state index contributed by atoms with van der Waals surface area (Å²) >= 11 is 0. The Morgan fingerprint density at radius 3 is 2.31 bits per heavy atom. The first-order chi connectivity index (χ1) is 12.6. The Bertz CT molecular complexity index is 759. The van der Waals surface area contributed by atoms with Crippen LogP contribution in [0.4, 0.5) is 5.69 Å². The SMILES string of the molecule is CCC[C@]1(C(=O)OC)CCC(=O)N(c2ccccc2)[C@@H]1c1ccccc1. The predicted molar refractivity (Wildman–Crippen MR) is 102 cm³/mol. The Morgan fingerprint density at radius 1 is 1.12 bits per heavy atom.